The zero-order valence-electron chi connectivity index (χ0n) is 11.9. The van der Waals surface area contributed by atoms with Crippen LogP contribution < -0.4 is 10.1 Å². The third-order valence-corrected chi connectivity index (χ3v) is 3.18. The van der Waals surface area contributed by atoms with Crippen LogP contribution in [0.15, 0.2) is 18.2 Å². The van der Waals surface area contributed by atoms with Crippen molar-refractivity contribution in [1.82, 2.24) is 5.32 Å². The van der Waals surface area contributed by atoms with Crippen LogP contribution in [0, 0.1) is 12.8 Å². The molecular formula is C15H23NO3. The normalized spacial score (nSPS) is 12.2. The molecule has 0 heterocycles. The Morgan fingerprint density at radius 3 is 2.79 bits per heavy atom. The first-order valence-corrected chi connectivity index (χ1v) is 6.61. The van der Waals surface area contributed by atoms with E-state index in [-0.39, 0.29) is 5.92 Å². The van der Waals surface area contributed by atoms with Crippen LogP contribution in [-0.4, -0.2) is 31.3 Å². The lowest BCUT2D eigenvalue weighted by Crippen LogP contribution is -2.22. The van der Waals surface area contributed by atoms with Crippen LogP contribution in [-0.2, 0) is 11.2 Å². The van der Waals surface area contributed by atoms with Gasteiger partial charge in [-0.2, -0.15) is 0 Å². The third-order valence-electron chi connectivity index (χ3n) is 3.18. The molecule has 4 heteroatoms. The molecule has 1 atom stereocenters. The van der Waals surface area contributed by atoms with Crippen LogP contribution in [0.4, 0.5) is 0 Å². The number of rotatable bonds is 8. The Hall–Kier alpha value is -1.55. The predicted octanol–water partition coefficient (Wildman–Crippen LogP) is 2.25. The minimum Gasteiger partial charge on any atom is -0.496 e. The van der Waals surface area contributed by atoms with Gasteiger partial charge in [-0.3, -0.25) is 4.79 Å². The molecule has 19 heavy (non-hydrogen) atoms. The molecule has 4 nitrogen and oxygen atoms in total. The molecule has 0 aliphatic rings. The molecule has 1 unspecified atom stereocenters. The molecule has 2 N–H and O–H groups in total. The summed E-state index contributed by atoms with van der Waals surface area (Å²) in [6.07, 6.45) is 1.53. The van der Waals surface area contributed by atoms with Gasteiger partial charge in [-0.15, -0.1) is 0 Å². The van der Waals surface area contributed by atoms with Crippen molar-refractivity contribution in [2.24, 2.45) is 5.92 Å². The van der Waals surface area contributed by atoms with Gasteiger partial charge in [0.15, 0.2) is 0 Å². The van der Waals surface area contributed by atoms with Crippen LogP contribution in [0.1, 0.15) is 24.5 Å². The number of carboxylic acids is 1. The van der Waals surface area contributed by atoms with E-state index in [1.54, 1.807) is 14.0 Å². The first kappa shape index (κ1) is 15.5. The van der Waals surface area contributed by atoms with E-state index in [2.05, 4.69) is 18.3 Å². The molecule has 0 spiro atoms. The van der Waals surface area contributed by atoms with Gasteiger partial charge in [0.2, 0.25) is 0 Å². The topological polar surface area (TPSA) is 58.6 Å². The van der Waals surface area contributed by atoms with E-state index in [0.29, 0.717) is 6.42 Å². The summed E-state index contributed by atoms with van der Waals surface area (Å²) >= 11 is 0. The molecule has 106 valence electrons. The zero-order valence-corrected chi connectivity index (χ0v) is 11.9. The lowest BCUT2D eigenvalue weighted by molar-refractivity contribution is -0.141. The summed E-state index contributed by atoms with van der Waals surface area (Å²) in [4.78, 5) is 10.7. The minimum atomic E-state index is -0.734. The maximum absolute atomic E-state index is 10.7. The van der Waals surface area contributed by atoms with Crippen LogP contribution in [0.25, 0.3) is 0 Å². The molecule has 1 rings (SSSR count). The van der Waals surface area contributed by atoms with E-state index in [1.807, 2.05) is 12.1 Å². The molecule has 0 saturated carbocycles. The lowest BCUT2D eigenvalue weighted by atomic mass is 10.1. The fraction of sp³-hybridized carbons (Fsp3) is 0.533. The van der Waals surface area contributed by atoms with Crippen molar-refractivity contribution < 1.29 is 14.6 Å². The summed E-state index contributed by atoms with van der Waals surface area (Å²) in [5, 5.41) is 12.0. The number of hydrogen-bond donors (Lipinski definition) is 2. The van der Waals surface area contributed by atoms with Gasteiger partial charge >= 0.3 is 5.97 Å². The summed E-state index contributed by atoms with van der Waals surface area (Å²) in [6.45, 7) is 5.34. The van der Waals surface area contributed by atoms with Gasteiger partial charge in [-0.25, -0.2) is 0 Å². The highest BCUT2D eigenvalue weighted by Crippen LogP contribution is 2.19. The Kier molecular flexibility index (Phi) is 6.36. The SMILES string of the molecule is COc1ccc(C)cc1CCNCCC(C)C(=O)O. The average Bonchev–Trinajstić information content (AvgIpc) is 2.38. The van der Waals surface area contributed by atoms with E-state index in [4.69, 9.17) is 9.84 Å². The summed E-state index contributed by atoms with van der Waals surface area (Å²) in [5.41, 5.74) is 2.40. The van der Waals surface area contributed by atoms with Crippen LogP contribution >= 0.6 is 0 Å². The van der Waals surface area contributed by atoms with E-state index >= 15 is 0 Å². The molecule has 0 amide bonds. The average molecular weight is 265 g/mol. The monoisotopic (exact) mass is 265 g/mol. The Morgan fingerprint density at radius 2 is 2.16 bits per heavy atom. The number of nitrogens with one attached hydrogen (secondary N) is 1. The van der Waals surface area contributed by atoms with Gasteiger partial charge in [-0.05, 0) is 44.5 Å². The Labute approximate surface area is 114 Å². The molecule has 0 bridgehead atoms. The van der Waals surface area contributed by atoms with Crippen molar-refractivity contribution in [3.63, 3.8) is 0 Å². The number of carboxylic acid groups (broad SMARTS) is 1. The molecule has 0 aromatic heterocycles. The number of ether oxygens (including phenoxy) is 1. The van der Waals surface area contributed by atoms with Crippen molar-refractivity contribution >= 4 is 5.97 Å². The highest BCUT2D eigenvalue weighted by atomic mass is 16.5. The molecule has 0 fully saturated rings. The van der Waals surface area contributed by atoms with E-state index in [0.717, 1.165) is 25.3 Å². The van der Waals surface area contributed by atoms with E-state index in [1.165, 1.54) is 11.1 Å². The van der Waals surface area contributed by atoms with Gasteiger partial charge < -0.3 is 15.2 Å². The Balaban J connectivity index is 2.33. The van der Waals surface area contributed by atoms with Gasteiger partial charge in [0, 0.05) is 0 Å². The highest BCUT2D eigenvalue weighted by molar-refractivity contribution is 5.69. The summed E-state index contributed by atoms with van der Waals surface area (Å²) in [6, 6.07) is 6.14. The quantitative estimate of drug-likeness (QED) is 0.708. The van der Waals surface area contributed by atoms with Crippen molar-refractivity contribution in [2.45, 2.75) is 26.7 Å². The molecule has 1 aromatic rings. The van der Waals surface area contributed by atoms with Crippen LogP contribution in [0.3, 0.4) is 0 Å². The summed E-state index contributed by atoms with van der Waals surface area (Å²) in [7, 11) is 1.68. The van der Waals surface area contributed by atoms with Gasteiger partial charge in [0.05, 0.1) is 13.0 Å². The first-order valence-electron chi connectivity index (χ1n) is 6.61. The highest BCUT2D eigenvalue weighted by Gasteiger charge is 2.09. The second kappa shape index (κ2) is 7.79. The maximum atomic E-state index is 10.7. The predicted molar refractivity (Wildman–Crippen MR) is 75.7 cm³/mol. The minimum absolute atomic E-state index is 0.291. The van der Waals surface area contributed by atoms with E-state index in [9.17, 15) is 4.79 Å². The van der Waals surface area contributed by atoms with E-state index < -0.39 is 5.97 Å². The Bertz CT molecular complexity index is 418. The molecule has 0 aliphatic heterocycles. The second-order valence-electron chi connectivity index (χ2n) is 4.84. The molecule has 1 aromatic carbocycles. The van der Waals surface area contributed by atoms with Gasteiger partial charge in [0.25, 0.3) is 0 Å². The number of methoxy groups -OCH3 is 1. The summed E-state index contributed by atoms with van der Waals surface area (Å²) in [5.74, 6) is -0.116. The zero-order chi connectivity index (χ0) is 14.3. The molecule has 0 aliphatic carbocycles. The van der Waals surface area contributed by atoms with Crippen molar-refractivity contribution in [2.75, 3.05) is 20.2 Å². The standard InChI is InChI=1S/C15H23NO3/c1-11-4-5-14(19-3)13(10-11)7-9-16-8-6-12(2)15(17)18/h4-5,10,12,16H,6-9H2,1-3H3,(H,17,18). The first-order chi connectivity index (χ1) is 9.04. The van der Waals surface area contributed by atoms with Crippen molar-refractivity contribution in [3.8, 4) is 5.75 Å². The van der Waals surface area contributed by atoms with Crippen LogP contribution in [0.2, 0.25) is 0 Å². The van der Waals surface area contributed by atoms with Crippen molar-refractivity contribution in [1.29, 1.82) is 0 Å². The lowest BCUT2D eigenvalue weighted by Gasteiger charge is -2.11. The van der Waals surface area contributed by atoms with Gasteiger partial charge in [0.1, 0.15) is 5.75 Å². The summed E-state index contributed by atoms with van der Waals surface area (Å²) < 4.78 is 5.32. The molecule has 0 saturated heterocycles. The smallest absolute Gasteiger partial charge is 0.306 e. The number of hydrogen-bond acceptors (Lipinski definition) is 3. The van der Waals surface area contributed by atoms with Gasteiger partial charge in [-0.1, -0.05) is 24.6 Å². The Morgan fingerprint density at radius 1 is 1.42 bits per heavy atom. The number of carbonyl (C=O) groups is 1. The molecule has 0 radical (unpaired) electrons. The third kappa shape index (κ3) is 5.30. The molecular weight excluding hydrogens is 242 g/mol. The number of benzene rings is 1. The number of aryl methyl sites for hydroxylation is 1. The number of aliphatic carboxylic acids is 1. The van der Waals surface area contributed by atoms with Crippen LogP contribution in [0.5, 0.6) is 5.75 Å². The fourth-order valence-corrected chi connectivity index (χ4v) is 1.89. The fourth-order valence-electron chi connectivity index (χ4n) is 1.89. The largest absolute Gasteiger partial charge is 0.496 e. The second-order valence-corrected chi connectivity index (χ2v) is 4.84. The maximum Gasteiger partial charge on any atom is 0.306 e. The van der Waals surface area contributed by atoms with Crippen molar-refractivity contribution in [3.05, 3.63) is 29.3 Å².